The second-order valence-corrected chi connectivity index (χ2v) is 4.52. The van der Waals surface area contributed by atoms with E-state index in [9.17, 15) is 4.79 Å². The molecule has 19 heavy (non-hydrogen) atoms. The average molecular weight is 276 g/mol. The number of nitrogens with one attached hydrogen (secondary N) is 1. The zero-order valence-corrected chi connectivity index (χ0v) is 11.7. The maximum Gasteiger partial charge on any atom is 0.310 e. The first-order valence-electron chi connectivity index (χ1n) is 5.74. The minimum atomic E-state index is -0.878. The van der Waals surface area contributed by atoms with Gasteiger partial charge in [0.25, 0.3) is 0 Å². The van der Waals surface area contributed by atoms with E-state index < -0.39 is 11.9 Å². The largest absolute Gasteiger partial charge is 0.481 e. The third-order valence-corrected chi connectivity index (χ3v) is 3.13. The molecule has 4 nitrogen and oxygen atoms in total. The Labute approximate surface area is 118 Å². The quantitative estimate of drug-likeness (QED) is 0.652. The fourth-order valence-corrected chi connectivity index (χ4v) is 1.72. The molecule has 100 valence electrons. The third-order valence-electron chi connectivity index (χ3n) is 2.71. The fraction of sp³-hybridized carbons (Fsp3) is 0.286. The van der Waals surface area contributed by atoms with Gasteiger partial charge in [-0.25, -0.2) is 0 Å². The summed E-state index contributed by atoms with van der Waals surface area (Å²) in [6.45, 7) is 2.03. The van der Waals surface area contributed by atoms with Gasteiger partial charge in [0.05, 0.1) is 12.5 Å². The van der Waals surface area contributed by atoms with Crippen molar-refractivity contribution in [2.75, 3.05) is 18.9 Å². The number of hydrogen-bond acceptors (Lipinski definition) is 2. The van der Waals surface area contributed by atoms with Crippen molar-refractivity contribution in [2.45, 2.75) is 12.8 Å². The molecular weight excluding hydrogens is 260 g/mol. The van der Waals surface area contributed by atoms with Crippen LogP contribution in [-0.2, 0) is 4.79 Å². The average Bonchev–Trinajstić information content (AvgIpc) is 2.38. The van der Waals surface area contributed by atoms with E-state index in [1.807, 2.05) is 6.07 Å². The summed E-state index contributed by atoms with van der Waals surface area (Å²) in [5, 5.41) is 12.6. The van der Waals surface area contributed by atoms with Crippen molar-refractivity contribution in [2.24, 2.45) is 0 Å². The number of carboxylic acid groups (broad SMARTS) is 1. The fourth-order valence-electron chi connectivity index (χ4n) is 1.54. The summed E-state index contributed by atoms with van der Waals surface area (Å²) >= 11 is 5.21. The Morgan fingerprint density at radius 3 is 2.79 bits per heavy atom. The molecule has 5 heteroatoms. The summed E-state index contributed by atoms with van der Waals surface area (Å²) in [6, 6.07) is 7.19. The number of terminal acetylenes is 1. The van der Waals surface area contributed by atoms with Gasteiger partial charge in [0, 0.05) is 12.7 Å². The Hall–Kier alpha value is -2.06. The number of aliphatic carboxylic acids is 1. The van der Waals surface area contributed by atoms with Crippen LogP contribution in [0.5, 0.6) is 0 Å². The van der Waals surface area contributed by atoms with E-state index in [2.05, 4.69) is 11.2 Å². The van der Waals surface area contributed by atoms with E-state index in [-0.39, 0.29) is 0 Å². The van der Waals surface area contributed by atoms with Crippen LogP contribution < -0.4 is 5.32 Å². The van der Waals surface area contributed by atoms with Crippen LogP contribution in [0.2, 0.25) is 0 Å². The first-order valence-corrected chi connectivity index (χ1v) is 6.15. The van der Waals surface area contributed by atoms with E-state index in [0.29, 0.717) is 22.9 Å². The first-order chi connectivity index (χ1) is 8.97. The molecule has 0 bridgehead atoms. The highest BCUT2D eigenvalue weighted by atomic mass is 32.1. The Kier molecular flexibility index (Phi) is 5.34. The van der Waals surface area contributed by atoms with Crippen molar-refractivity contribution in [3.05, 3.63) is 29.8 Å². The van der Waals surface area contributed by atoms with Crippen molar-refractivity contribution >= 4 is 29.0 Å². The number of rotatable bonds is 4. The van der Waals surface area contributed by atoms with Crippen molar-refractivity contribution < 1.29 is 9.90 Å². The summed E-state index contributed by atoms with van der Waals surface area (Å²) in [6.07, 6.45) is 5.22. The molecule has 0 amide bonds. The molecule has 1 rings (SSSR count). The van der Waals surface area contributed by atoms with Crippen LogP contribution in [0.15, 0.2) is 24.3 Å². The standard InChI is InChI=1S/C14H16N2O2S/c1-4-9-16(3)14(19)15-12-8-6-5-7-11(12)10(2)13(17)18/h1,5-8,10H,9H2,2-3H3,(H,15,19)(H,17,18). The molecule has 1 unspecified atom stereocenters. The van der Waals surface area contributed by atoms with Gasteiger partial charge in [-0.15, -0.1) is 6.42 Å². The highest BCUT2D eigenvalue weighted by molar-refractivity contribution is 7.80. The molecule has 0 radical (unpaired) electrons. The highest BCUT2D eigenvalue weighted by Gasteiger charge is 2.17. The van der Waals surface area contributed by atoms with Gasteiger partial charge >= 0.3 is 5.97 Å². The smallest absolute Gasteiger partial charge is 0.310 e. The lowest BCUT2D eigenvalue weighted by atomic mass is 9.99. The molecule has 1 aromatic carbocycles. The number of carboxylic acids is 1. The van der Waals surface area contributed by atoms with Gasteiger partial charge in [0.1, 0.15) is 0 Å². The van der Waals surface area contributed by atoms with Crippen LogP contribution in [0, 0.1) is 12.3 Å². The van der Waals surface area contributed by atoms with Crippen LogP contribution in [0.1, 0.15) is 18.4 Å². The van der Waals surface area contributed by atoms with Crippen LogP contribution in [0.25, 0.3) is 0 Å². The molecule has 0 heterocycles. The molecule has 0 saturated carbocycles. The van der Waals surface area contributed by atoms with Crippen molar-refractivity contribution in [3.8, 4) is 12.3 Å². The van der Waals surface area contributed by atoms with E-state index >= 15 is 0 Å². The van der Waals surface area contributed by atoms with Gasteiger partial charge in [-0.3, -0.25) is 4.79 Å². The maximum atomic E-state index is 11.1. The molecule has 0 aliphatic carbocycles. The monoisotopic (exact) mass is 276 g/mol. The summed E-state index contributed by atoms with van der Waals surface area (Å²) < 4.78 is 0. The predicted molar refractivity (Wildman–Crippen MR) is 80.2 cm³/mol. The Morgan fingerprint density at radius 2 is 2.21 bits per heavy atom. The normalized spacial score (nSPS) is 11.2. The van der Waals surface area contributed by atoms with Crippen molar-refractivity contribution in [3.63, 3.8) is 0 Å². The van der Waals surface area contributed by atoms with Gasteiger partial charge in [-0.2, -0.15) is 0 Å². The van der Waals surface area contributed by atoms with E-state index in [1.165, 1.54) is 0 Å². The molecule has 0 aliphatic rings. The lowest BCUT2D eigenvalue weighted by Gasteiger charge is -2.21. The van der Waals surface area contributed by atoms with E-state index in [4.69, 9.17) is 23.7 Å². The summed E-state index contributed by atoms with van der Waals surface area (Å²) in [4.78, 5) is 12.8. The van der Waals surface area contributed by atoms with Crippen molar-refractivity contribution in [1.29, 1.82) is 0 Å². The number of carbonyl (C=O) groups is 1. The molecule has 2 N–H and O–H groups in total. The second-order valence-electron chi connectivity index (χ2n) is 4.14. The topological polar surface area (TPSA) is 52.6 Å². The molecule has 0 aliphatic heterocycles. The molecule has 0 saturated heterocycles. The summed E-state index contributed by atoms with van der Waals surface area (Å²) in [5.41, 5.74) is 1.37. The number of hydrogen-bond donors (Lipinski definition) is 2. The van der Waals surface area contributed by atoms with Crippen LogP contribution >= 0.6 is 12.2 Å². The lowest BCUT2D eigenvalue weighted by Crippen LogP contribution is -2.31. The highest BCUT2D eigenvalue weighted by Crippen LogP contribution is 2.24. The molecule has 1 aromatic rings. The third kappa shape index (κ3) is 3.97. The minimum absolute atomic E-state index is 0.391. The van der Waals surface area contributed by atoms with E-state index in [0.717, 1.165) is 0 Å². The number of nitrogens with zero attached hydrogens (tertiary/aromatic N) is 1. The van der Waals surface area contributed by atoms with Crippen LogP contribution in [0.3, 0.4) is 0 Å². The number of thiocarbonyl (C=S) groups is 1. The minimum Gasteiger partial charge on any atom is -0.481 e. The Balaban J connectivity index is 2.93. The Bertz CT molecular complexity index is 522. The van der Waals surface area contributed by atoms with Crippen LogP contribution in [-0.4, -0.2) is 34.7 Å². The van der Waals surface area contributed by atoms with Gasteiger partial charge < -0.3 is 15.3 Å². The van der Waals surface area contributed by atoms with Crippen LogP contribution in [0.4, 0.5) is 5.69 Å². The summed E-state index contributed by atoms with van der Waals surface area (Å²) in [5.74, 6) is 1.01. The number of anilines is 1. The predicted octanol–water partition coefficient (Wildman–Crippen LogP) is 2.14. The zero-order chi connectivity index (χ0) is 14.4. The zero-order valence-electron chi connectivity index (χ0n) is 10.9. The molecule has 0 fully saturated rings. The van der Waals surface area contributed by atoms with Crippen molar-refractivity contribution in [1.82, 2.24) is 4.90 Å². The molecule has 0 spiro atoms. The van der Waals surface area contributed by atoms with E-state index in [1.54, 1.807) is 37.1 Å². The molecule has 0 aromatic heterocycles. The van der Waals surface area contributed by atoms with Gasteiger partial charge in [-0.05, 0) is 30.8 Å². The molecule has 1 atom stereocenters. The Morgan fingerprint density at radius 1 is 1.58 bits per heavy atom. The number of benzene rings is 1. The second kappa shape index (κ2) is 6.76. The lowest BCUT2D eigenvalue weighted by molar-refractivity contribution is -0.138. The van der Waals surface area contributed by atoms with Gasteiger partial charge in [-0.1, -0.05) is 24.1 Å². The van der Waals surface area contributed by atoms with Gasteiger partial charge in [0.2, 0.25) is 0 Å². The number of para-hydroxylation sites is 1. The maximum absolute atomic E-state index is 11.1. The molecular formula is C14H16N2O2S. The SMILES string of the molecule is C#CCN(C)C(=S)Nc1ccccc1C(C)C(=O)O. The summed E-state index contributed by atoms with van der Waals surface area (Å²) in [7, 11) is 1.78. The first kappa shape index (κ1) is 15.0. The van der Waals surface area contributed by atoms with Gasteiger partial charge in [0.15, 0.2) is 5.11 Å².